The van der Waals surface area contributed by atoms with Crippen LogP contribution in [0.5, 0.6) is 0 Å². The molecule has 0 saturated carbocycles. The van der Waals surface area contributed by atoms with Gasteiger partial charge in [-0.15, -0.1) is 0 Å². The summed E-state index contributed by atoms with van der Waals surface area (Å²) < 4.78 is 0. The van der Waals surface area contributed by atoms with Crippen molar-refractivity contribution < 1.29 is 9.59 Å². The van der Waals surface area contributed by atoms with Crippen LogP contribution in [0.15, 0.2) is 23.0 Å². The molecule has 1 aliphatic heterocycles. The number of anilines is 1. The second-order valence-electron chi connectivity index (χ2n) is 7.02. The minimum atomic E-state index is -0.712. The van der Waals surface area contributed by atoms with E-state index in [0.29, 0.717) is 23.3 Å². The third kappa shape index (κ3) is 2.86. The maximum atomic E-state index is 12.6. The fourth-order valence-electron chi connectivity index (χ4n) is 3.06. The number of hydrogen-bond acceptors (Lipinski definition) is 3. The van der Waals surface area contributed by atoms with Gasteiger partial charge in [-0.1, -0.05) is 20.8 Å². The summed E-state index contributed by atoms with van der Waals surface area (Å²) in [5.74, 6) is -1.34. The Morgan fingerprint density at radius 1 is 1.17 bits per heavy atom. The highest BCUT2D eigenvalue weighted by atomic mass is 16.2. The first-order valence-corrected chi connectivity index (χ1v) is 7.56. The van der Waals surface area contributed by atoms with Crippen molar-refractivity contribution in [2.24, 2.45) is 17.3 Å². The Bertz CT molecular complexity index is 828. The first-order chi connectivity index (χ1) is 10.8. The van der Waals surface area contributed by atoms with Gasteiger partial charge in [0, 0.05) is 18.2 Å². The largest absolute Gasteiger partial charge is 0.355 e. The van der Waals surface area contributed by atoms with Gasteiger partial charge < -0.3 is 20.6 Å². The average Bonchev–Trinajstić information content (AvgIpc) is 2.99. The molecule has 0 aliphatic carbocycles. The van der Waals surface area contributed by atoms with Gasteiger partial charge in [0.1, 0.15) is 5.92 Å². The number of nitrogens with one attached hydrogen (secondary N) is 4. The van der Waals surface area contributed by atoms with Crippen LogP contribution in [0.4, 0.5) is 5.69 Å². The number of amides is 2. The molecule has 0 unspecified atom stereocenters. The lowest BCUT2D eigenvalue weighted by atomic mass is 9.74. The van der Waals surface area contributed by atoms with Gasteiger partial charge in [-0.25, -0.2) is 4.79 Å². The number of aromatic nitrogens is 2. The van der Waals surface area contributed by atoms with Crippen LogP contribution in [0.3, 0.4) is 0 Å². The summed E-state index contributed by atoms with van der Waals surface area (Å²) in [5, 5.41) is 5.56. The van der Waals surface area contributed by atoms with Crippen LogP contribution >= 0.6 is 0 Å². The molecule has 1 aromatic carbocycles. The van der Waals surface area contributed by atoms with Gasteiger partial charge in [-0.3, -0.25) is 9.59 Å². The van der Waals surface area contributed by atoms with Crippen molar-refractivity contribution in [2.45, 2.75) is 20.8 Å². The van der Waals surface area contributed by atoms with E-state index in [4.69, 9.17) is 0 Å². The summed E-state index contributed by atoms with van der Waals surface area (Å²) in [4.78, 5) is 41.2. The number of hydrogen-bond donors (Lipinski definition) is 4. The normalized spacial score (nSPS) is 21.4. The molecule has 7 nitrogen and oxygen atoms in total. The molecule has 1 aromatic heterocycles. The second kappa shape index (κ2) is 5.26. The molecule has 7 heteroatoms. The predicted molar refractivity (Wildman–Crippen MR) is 87.0 cm³/mol. The summed E-state index contributed by atoms with van der Waals surface area (Å²) in [6.45, 7) is 6.57. The van der Waals surface area contributed by atoms with Gasteiger partial charge in [0.05, 0.1) is 11.0 Å². The lowest BCUT2D eigenvalue weighted by Crippen LogP contribution is -2.37. The number of imidazole rings is 1. The summed E-state index contributed by atoms with van der Waals surface area (Å²) in [7, 11) is 0. The SMILES string of the molecule is CC(C)(C)[C@H]1CNC(=O)[C@H]1C(=O)Nc1ccc2[nH]c(=O)[nH]c2c1. The molecule has 0 radical (unpaired) electrons. The zero-order valence-electron chi connectivity index (χ0n) is 13.3. The van der Waals surface area contributed by atoms with E-state index in [0.717, 1.165) is 0 Å². The van der Waals surface area contributed by atoms with E-state index < -0.39 is 5.92 Å². The van der Waals surface area contributed by atoms with Gasteiger partial charge in [-0.05, 0) is 23.6 Å². The molecule has 2 aromatic rings. The molecular formula is C16H20N4O3. The number of aromatic amines is 2. The van der Waals surface area contributed by atoms with Crippen LogP contribution in [0, 0.1) is 17.3 Å². The van der Waals surface area contributed by atoms with Crippen LogP contribution in [-0.4, -0.2) is 28.3 Å². The highest BCUT2D eigenvalue weighted by Gasteiger charge is 2.45. The lowest BCUT2D eigenvalue weighted by molar-refractivity contribution is -0.132. The molecule has 1 saturated heterocycles. The molecule has 3 rings (SSSR count). The van der Waals surface area contributed by atoms with Crippen molar-refractivity contribution in [3.63, 3.8) is 0 Å². The summed E-state index contributed by atoms with van der Waals surface area (Å²) in [6, 6.07) is 5.08. The zero-order valence-corrected chi connectivity index (χ0v) is 13.3. The van der Waals surface area contributed by atoms with Crippen molar-refractivity contribution in [1.29, 1.82) is 0 Å². The number of rotatable bonds is 2. The molecule has 23 heavy (non-hydrogen) atoms. The molecule has 4 N–H and O–H groups in total. The number of H-pyrrole nitrogens is 2. The Labute approximate surface area is 132 Å². The number of benzene rings is 1. The molecule has 1 fully saturated rings. The number of carbonyl (C=O) groups is 2. The Hall–Kier alpha value is -2.57. The van der Waals surface area contributed by atoms with Gasteiger partial charge >= 0.3 is 5.69 Å². The molecule has 2 heterocycles. The quantitative estimate of drug-likeness (QED) is 0.625. The van der Waals surface area contributed by atoms with E-state index in [1.807, 2.05) is 20.8 Å². The highest BCUT2D eigenvalue weighted by Crippen LogP contribution is 2.35. The Morgan fingerprint density at radius 3 is 2.57 bits per heavy atom. The minimum Gasteiger partial charge on any atom is -0.355 e. The summed E-state index contributed by atoms with van der Waals surface area (Å²) in [5.41, 5.74) is 1.36. The van der Waals surface area contributed by atoms with E-state index >= 15 is 0 Å². The van der Waals surface area contributed by atoms with E-state index in [1.54, 1.807) is 18.2 Å². The van der Waals surface area contributed by atoms with Gasteiger partial charge in [0.25, 0.3) is 0 Å². The Morgan fingerprint density at radius 2 is 1.87 bits per heavy atom. The van der Waals surface area contributed by atoms with Crippen LogP contribution in [0.25, 0.3) is 11.0 Å². The molecule has 2 amide bonds. The molecular weight excluding hydrogens is 296 g/mol. The molecule has 2 atom stereocenters. The van der Waals surface area contributed by atoms with Crippen LogP contribution in [0.1, 0.15) is 20.8 Å². The van der Waals surface area contributed by atoms with E-state index in [1.165, 1.54) is 0 Å². The van der Waals surface area contributed by atoms with Gasteiger partial charge in [0.2, 0.25) is 11.8 Å². The zero-order chi connectivity index (χ0) is 16.8. The topological polar surface area (TPSA) is 107 Å². The van der Waals surface area contributed by atoms with Crippen LogP contribution in [-0.2, 0) is 9.59 Å². The molecule has 1 aliphatic rings. The molecule has 0 spiro atoms. The standard InChI is InChI=1S/C16H20N4O3/c1-16(2,3)9-7-17-13(21)12(9)14(22)18-8-4-5-10-11(6-8)20-15(23)19-10/h4-6,9,12H,7H2,1-3H3,(H,17,21)(H,18,22)(H2,19,20,23)/t9-,12-/m0/s1. The maximum absolute atomic E-state index is 12.6. The Balaban J connectivity index is 1.84. The maximum Gasteiger partial charge on any atom is 0.323 e. The Kier molecular flexibility index (Phi) is 3.50. The fourth-order valence-corrected chi connectivity index (χ4v) is 3.06. The molecule has 0 bridgehead atoms. The van der Waals surface area contributed by atoms with E-state index in [-0.39, 0.29) is 28.8 Å². The number of carbonyl (C=O) groups excluding carboxylic acids is 2. The van der Waals surface area contributed by atoms with Crippen molar-refractivity contribution in [1.82, 2.24) is 15.3 Å². The summed E-state index contributed by atoms with van der Waals surface area (Å²) in [6.07, 6.45) is 0. The first-order valence-electron chi connectivity index (χ1n) is 7.56. The van der Waals surface area contributed by atoms with Crippen molar-refractivity contribution in [2.75, 3.05) is 11.9 Å². The number of fused-ring (bicyclic) bond motifs is 1. The van der Waals surface area contributed by atoms with Gasteiger partial charge in [0.15, 0.2) is 0 Å². The van der Waals surface area contributed by atoms with Crippen molar-refractivity contribution in [3.05, 3.63) is 28.7 Å². The first kappa shape index (κ1) is 15.3. The third-order valence-electron chi connectivity index (χ3n) is 4.36. The molecule has 122 valence electrons. The lowest BCUT2D eigenvalue weighted by Gasteiger charge is -2.29. The van der Waals surface area contributed by atoms with Crippen molar-refractivity contribution >= 4 is 28.5 Å². The minimum absolute atomic E-state index is 0.0641. The monoisotopic (exact) mass is 316 g/mol. The van der Waals surface area contributed by atoms with Crippen LogP contribution < -0.4 is 16.3 Å². The fraction of sp³-hybridized carbons (Fsp3) is 0.438. The smallest absolute Gasteiger partial charge is 0.323 e. The average molecular weight is 316 g/mol. The highest BCUT2D eigenvalue weighted by molar-refractivity contribution is 6.08. The second-order valence-corrected chi connectivity index (χ2v) is 7.02. The predicted octanol–water partition coefficient (Wildman–Crippen LogP) is 1.20. The third-order valence-corrected chi connectivity index (χ3v) is 4.36. The van der Waals surface area contributed by atoms with Crippen LogP contribution in [0.2, 0.25) is 0 Å². The van der Waals surface area contributed by atoms with Crippen molar-refractivity contribution in [3.8, 4) is 0 Å². The summed E-state index contributed by atoms with van der Waals surface area (Å²) >= 11 is 0. The van der Waals surface area contributed by atoms with E-state index in [2.05, 4.69) is 20.6 Å². The van der Waals surface area contributed by atoms with Gasteiger partial charge in [-0.2, -0.15) is 0 Å². The van der Waals surface area contributed by atoms with E-state index in [9.17, 15) is 14.4 Å².